The summed E-state index contributed by atoms with van der Waals surface area (Å²) >= 11 is 0. The molecule has 0 bridgehead atoms. The van der Waals surface area contributed by atoms with Crippen molar-refractivity contribution in [3.05, 3.63) is 17.5 Å². The first-order chi connectivity index (χ1) is 16.0. The summed E-state index contributed by atoms with van der Waals surface area (Å²) in [6.07, 6.45) is -0.366. The van der Waals surface area contributed by atoms with Crippen molar-refractivity contribution < 1.29 is 41.9 Å². The Hall–Kier alpha value is -2.67. The first-order valence-electron chi connectivity index (χ1n) is 11.2. The Morgan fingerprint density at radius 2 is 1.85 bits per heavy atom. The number of carbonyl (C=O) groups is 3. The lowest BCUT2D eigenvalue weighted by Crippen LogP contribution is -2.73. The molecular formula is C21H27F3N4O6. The molecule has 4 fully saturated rings. The van der Waals surface area contributed by atoms with Gasteiger partial charge in [-0.1, -0.05) is 5.16 Å². The minimum atomic E-state index is -5.08. The summed E-state index contributed by atoms with van der Waals surface area (Å²) in [6, 6.07) is 1.55. The van der Waals surface area contributed by atoms with Crippen LogP contribution in [0, 0.1) is 5.92 Å². The highest BCUT2D eigenvalue weighted by atomic mass is 19.4. The highest BCUT2D eigenvalue weighted by Crippen LogP contribution is 2.41. The number of rotatable bonds is 5. The standard InChI is InChI=1S/C19H26N4O4.C2HF3O2/c1-20-17(24)15-8-26-19(9-22(15)7-12-2-3-12)10-23(11-19)18(25)14-6-16(27-21-14)13-4-5-13;3-2(4,5)1(6)7/h6,12-13,15H,2-5,7-11H2,1H3,(H,20,24);(H,6,7). The molecule has 5 rings (SSSR count). The molecule has 2 amide bonds. The number of likely N-dealkylation sites (tertiary alicyclic amines) is 1. The molecule has 3 heterocycles. The van der Waals surface area contributed by atoms with Crippen molar-refractivity contribution in [1.29, 1.82) is 0 Å². The number of ether oxygens (including phenoxy) is 1. The van der Waals surface area contributed by atoms with Crippen molar-refractivity contribution in [3.63, 3.8) is 0 Å². The topological polar surface area (TPSA) is 125 Å². The number of aliphatic carboxylic acids is 1. The van der Waals surface area contributed by atoms with Crippen LogP contribution in [0.5, 0.6) is 0 Å². The summed E-state index contributed by atoms with van der Waals surface area (Å²) < 4.78 is 43.1. The summed E-state index contributed by atoms with van der Waals surface area (Å²) in [4.78, 5) is 37.8. The number of carbonyl (C=O) groups excluding carboxylic acids is 2. The van der Waals surface area contributed by atoms with Crippen molar-refractivity contribution >= 4 is 17.8 Å². The number of carboxylic acids is 1. The smallest absolute Gasteiger partial charge is 0.475 e. The van der Waals surface area contributed by atoms with Gasteiger partial charge in [-0.3, -0.25) is 14.5 Å². The van der Waals surface area contributed by atoms with Crippen LogP contribution in [-0.4, -0.2) is 95.5 Å². The summed E-state index contributed by atoms with van der Waals surface area (Å²) in [5.74, 6) is -0.879. The first kappa shape index (κ1) is 24.5. The number of carboxylic acid groups (broad SMARTS) is 1. The van der Waals surface area contributed by atoms with Gasteiger partial charge in [0.05, 0.1) is 19.7 Å². The predicted octanol–water partition coefficient (Wildman–Crippen LogP) is 1.24. The Balaban J connectivity index is 0.000000344. The average molecular weight is 488 g/mol. The molecule has 1 spiro atoms. The summed E-state index contributed by atoms with van der Waals surface area (Å²) in [5, 5.41) is 13.8. The number of hydrogen-bond acceptors (Lipinski definition) is 7. The Kier molecular flexibility index (Phi) is 6.60. The van der Waals surface area contributed by atoms with Gasteiger partial charge in [-0.2, -0.15) is 13.2 Å². The number of alkyl halides is 3. The molecule has 1 aromatic heterocycles. The van der Waals surface area contributed by atoms with E-state index in [0.29, 0.717) is 43.8 Å². The van der Waals surface area contributed by atoms with E-state index in [1.807, 2.05) is 0 Å². The zero-order valence-corrected chi connectivity index (χ0v) is 18.6. The van der Waals surface area contributed by atoms with E-state index in [2.05, 4.69) is 15.4 Å². The van der Waals surface area contributed by atoms with E-state index in [0.717, 1.165) is 25.1 Å². The fraction of sp³-hybridized carbons (Fsp3) is 0.714. The van der Waals surface area contributed by atoms with E-state index in [-0.39, 0.29) is 23.5 Å². The fourth-order valence-corrected chi connectivity index (χ4v) is 4.22. The quantitative estimate of drug-likeness (QED) is 0.634. The molecule has 1 unspecified atom stereocenters. The Morgan fingerprint density at radius 1 is 1.21 bits per heavy atom. The Labute approximate surface area is 193 Å². The first-order valence-corrected chi connectivity index (χ1v) is 11.2. The maximum Gasteiger partial charge on any atom is 0.490 e. The minimum absolute atomic E-state index is 0.00737. The van der Waals surface area contributed by atoms with Crippen LogP contribution in [0.1, 0.15) is 47.8 Å². The molecule has 2 aliphatic carbocycles. The van der Waals surface area contributed by atoms with Gasteiger partial charge in [-0.05, 0) is 31.6 Å². The van der Waals surface area contributed by atoms with Gasteiger partial charge in [0.25, 0.3) is 5.91 Å². The molecular weight excluding hydrogens is 461 g/mol. The van der Waals surface area contributed by atoms with Crippen LogP contribution in [0.25, 0.3) is 0 Å². The summed E-state index contributed by atoms with van der Waals surface area (Å²) in [6.45, 7) is 3.09. The van der Waals surface area contributed by atoms with E-state index in [9.17, 15) is 22.8 Å². The molecule has 2 aliphatic heterocycles. The van der Waals surface area contributed by atoms with E-state index >= 15 is 0 Å². The SMILES string of the molecule is CNC(=O)C1COC2(CN(C(=O)c3cc(C4CC4)on3)C2)CN1CC1CC1.O=C(O)C(F)(F)F. The van der Waals surface area contributed by atoms with Gasteiger partial charge in [0.1, 0.15) is 17.4 Å². The van der Waals surface area contributed by atoms with Gasteiger partial charge >= 0.3 is 12.1 Å². The lowest BCUT2D eigenvalue weighted by molar-refractivity contribution is -0.192. The molecule has 0 radical (unpaired) electrons. The number of nitrogens with zero attached hydrogens (tertiary/aromatic N) is 3. The highest BCUT2D eigenvalue weighted by molar-refractivity contribution is 5.93. The van der Waals surface area contributed by atoms with Crippen molar-refractivity contribution in [2.45, 2.75) is 49.4 Å². The van der Waals surface area contributed by atoms with Crippen LogP contribution in [0.4, 0.5) is 13.2 Å². The molecule has 2 saturated carbocycles. The zero-order valence-electron chi connectivity index (χ0n) is 18.6. The summed E-state index contributed by atoms with van der Waals surface area (Å²) in [5.41, 5.74) is 0.0265. The Bertz CT molecular complexity index is 937. The number of likely N-dealkylation sites (N-methyl/N-ethyl adjacent to an activating group) is 1. The molecule has 188 valence electrons. The van der Waals surface area contributed by atoms with E-state index in [1.165, 1.54) is 12.8 Å². The minimum Gasteiger partial charge on any atom is -0.475 e. The fourth-order valence-electron chi connectivity index (χ4n) is 4.22. The van der Waals surface area contributed by atoms with Crippen LogP contribution >= 0.6 is 0 Å². The molecule has 4 aliphatic rings. The maximum atomic E-state index is 12.7. The van der Waals surface area contributed by atoms with Gasteiger partial charge in [-0.15, -0.1) is 0 Å². The molecule has 1 atom stereocenters. The van der Waals surface area contributed by atoms with Crippen LogP contribution in [0.2, 0.25) is 0 Å². The number of nitrogens with one attached hydrogen (secondary N) is 1. The monoisotopic (exact) mass is 488 g/mol. The molecule has 0 aromatic carbocycles. The summed E-state index contributed by atoms with van der Waals surface area (Å²) in [7, 11) is 1.67. The van der Waals surface area contributed by atoms with Crippen LogP contribution in [0.15, 0.2) is 10.6 Å². The molecule has 13 heteroatoms. The van der Waals surface area contributed by atoms with Crippen LogP contribution in [0.3, 0.4) is 0 Å². The van der Waals surface area contributed by atoms with Crippen molar-refractivity contribution in [2.75, 3.05) is 39.8 Å². The molecule has 2 N–H and O–H groups in total. The zero-order chi connectivity index (χ0) is 24.7. The average Bonchev–Trinajstić information content (AvgIpc) is 3.70. The lowest BCUT2D eigenvalue weighted by Gasteiger charge is -2.55. The second-order valence-electron chi connectivity index (χ2n) is 9.35. The van der Waals surface area contributed by atoms with E-state index in [4.69, 9.17) is 19.2 Å². The number of amides is 2. The lowest BCUT2D eigenvalue weighted by atomic mass is 9.89. The van der Waals surface area contributed by atoms with Gasteiger partial charge < -0.3 is 24.6 Å². The second-order valence-corrected chi connectivity index (χ2v) is 9.35. The number of aromatic nitrogens is 1. The van der Waals surface area contributed by atoms with E-state index in [1.54, 1.807) is 18.0 Å². The third-order valence-electron chi connectivity index (χ3n) is 6.43. The predicted molar refractivity (Wildman–Crippen MR) is 109 cm³/mol. The van der Waals surface area contributed by atoms with Gasteiger partial charge in [0.2, 0.25) is 5.91 Å². The van der Waals surface area contributed by atoms with Crippen molar-refractivity contribution in [3.8, 4) is 0 Å². The number of morpholine rings is 1. The third kappa shape index (κ3) is 5.52. The molecule has 34 heavy (non-hydrogen) atoms. The molecule has 2 saturated heterocycles. The second kappa shape index (κ2) is 9.17. The van der Waals surface area contributed by atoms with Gasteiger partial charge in [-0.25, -0.2) is 4.79 Å². The normalized spacial score (nSPS) is 24.1. The van der Waals surface area contributed by atoms with E-state index < -0.39 is 12.1 Å². The van der Waals surface area contributed by atoms with Crippen LogP contribution < -0.4 is 5.32 Å². The van der Waals surface area contributed by atoms with Gasteiger partial charge in [0.15, 0.2) is 5.69 Å². The largest absolute Gasteiger partial charge is 0.490 e. The highest BCUT2D eigenvalue weighted by Gasteiger charge is 2.53. The molecule has 1 aromatic rings. The molecule has 10 nitrogen and oxygen atoms in total. The third-order valence-corrected chi connectivity index (χ3v) is 6.43. The maximum absolute atomic E-state index is 12.7. The Morgan fingerprint density at radius 3 is 2.38 bits per heavy atom. The number of halogens is 3. The van der Waals surface area contributed by atoms with Crippen molar-refractivity contribution in [2.24, 2.45) is 5.92 Å². The van der Waals surface area contributed by atoms with Crippen LogP contribution in [-0.2, 0) is 14.3 Å². The number of hydrogen-bond donors (Lipinski definition) is 2. The van der Waals surface area contributed by atoms with Crippen molar-refractivity contribution in [1.82, 2.24) is 20.3 Å². The van der Waals surface area contributed by atoms with Gasteiger partial charge in [0, 0.05) is 32.1 Å².